The van der Waals surface area contributed by atoms with Crippen LogP contribution in [0.2, 0.25) is 0 Å². The second-order valence-corrected chi connectivity index (χ2v) is 4.38. The van der Waals surface area contributed by atoms with Crippen molar-refractivity contribution in [1.82, 2.24) is 5.32 Å². The van der Waals surface area contributed by atoms with Crippen molar-refractivity contribution in [3.63, 3.8) is 0 Å². The van der Waals surface area contributed by atoms with Crippen molar-refractivity contribution in [2.75, 3.05) is 12.3 Å². The molecule has 4 N–H and O–H groups in total. The van der Waals surface area contributed by atoms with E-state index in [1.165, 1.54) is 0 Å². The van der Waals surface area contributed by atoms with Crippen LogP contribution in [0.5, 0.6) is 0 Å². The van der Waals surface area contributed by atoms with Crippen LogP contribution in [-0.4, -0.2) is 23.2 Å². The fourth-order valence-electron chi connectivity index (χ4n) is 1.74. The maximum atomic E-state index is 11.7. The molecule has 0 aliphatic heterocycles. The normalized spacial score (nSPS) is 17.6. The van der Waals surface area contributed by atoms with Crippen molar-refractivity contribution in [1.29, 1.82) is 0 Å². The van der Waals surface area contributed by atoms with Gasteiger partial charge in [-0.15, -0.1) is 0 Å². The molecule has 4 heteroatoms. The highest BCUT2D eigenvalue weighted by Gasteiger charge is 2.34. The molecule has 0 saturated heterocycles. The molecule has 0 atom stereocenters. The number of benzene rings is 1. The van der Waals surface area contributed by atoms with Crippen LogP contribution in [0.1, 0.15) is 29.6 Å². The third-order valence-electron chi connectivity index (χ3n) is 3.04. The fraction of sp³-hybridized carbons (Fsp3) is 0.417. The van der Waals surface area contributed by atoms with Gasteiger partial charge >= 0.3 is 0 Å². The van der Waals surface area contributed by atoms with Crippen LogP contribution in [0.4, 0.5) is 5.69 Å². The molecule has 2 rings (SSSR count). The molecule has 1 saturated carbocycles. The third kappa shape index (κ3) is 2.33. The molecule has 16 heavy (non-hydrogen) atoms. The molecule has 1 fully saturated rings. The lowest BCUT2D eigenvalue weighted by Crippen LogP contribution is -2.47. The lowest BCUT2D eigenvalue weighted by atomic mass is 9.80. The quantitative estimate of drug-likeness (QED) is 0.663. The molecule has 1 aliphatic rings. The molecule has 1 aromatic rings. The van der Waals surface area contributed by atoms with Crippen molar-refractivity contribution >= 4 is 11.6 Å². The summed E-state index contributed by atoms with van der Waals surface area (Å²) in [7, 11) is 0. The van der Waals surface area contributed by atoms with Gasteiger partial charge in [0.25, 0.3) is 5.91 Å². The summed E-state index contributed by atoms with van der Waals surface area (Å²) in [5.74, 6) is -0.166. The number of amides is 1. The number of aliphatic hydroxyl groups is 1. The average molecular weight is 220 g/mol. The third-order valence-corrected chi connectivity index (χ3v) is 3.04. The topological polar surface area (TPSA) is 75.4 Å². The van der Waals surface area contributed by atoms with E-state index in [-0.39, 0.29) is 5.91 Å². The number of rotatable bonds is 3. The van der Waals surface area contributed by atoms with E-state index in [9.17, 15) is 9.90 Å². The average Bonchev–Trinajstić information content (AvgIpc) is 2.24. The van der Waals surface area contributed by atoms with Crippen LogP contribution in [-0.2, 0) is 0 Å². The number of nitrogen functional groups attached to an aromatic ring is 1. The van der Waals surface area contributed by atoms with Gasteiger partial charge in [0, 0.05) is 17.8 Å². The molecule has 0 heterocycles. The van der Waals surface area contributed by atoms with Crippen molar-refractivity contribution in [3.8, 4) is 0 Å². The second kappa shape index (κ2) is 4.14. The van der Waals surface area contributed by atoms with Crippen LogP contribution in [0, 0.1) is 0 Å². The van der Waals surface area contributed by atoms with Crippen LogP contribution in [0.15, 0.2) is 24.3 Å². The van der Waals surface area contributed by atoms with Gasteiger partial charge in [-0.3, -0.25) is 4.79 Å². The van der Waals surface area contributed by atoms with E-state index >= 15 is 0 Å². The summed E-state index contributed by atoms with van der Waals surface area (Å²) in [6.07, 6.45) is 2.58. The summed E-state index contributed by atoms with van der Waals surface area (Å²) in [5.41, 5.74) is 6.05. The first-order valence-corrected chi connectivity index (χ1v) is 5.45. The Morgan fingerprint density at radius 2 is 2.00 bits per heavy atom. The summed E-state index contributed by atoms with van der Waals surface area (Å²) in [6.45, 7) is 0.330. The Labute approximate surface area is 94.5 Å². The molecule has 0 bridgehead atoms. The monoisotopic (exact) mass is 220 g/mol. The predicted octanol–water partition coefficient (Wildman–Crippen LogP) is 0.914. The predicted molar refractivity (Wildman–Crippen MR) is 62.0 cm³/mol. The van der Waals surface area contributed by atoms with E-state index in [2.05, 4.69) is 5.32 Å². The van der Waals surface area contributed by atoms with Gasteiger partial charge in [0.2, 0.25) is 0 Å². The Hall–Kier alpha value is -1.55. The van der Waals surface area contributed by atoms with E-state index in [0.29, 0.717) is 17.8 Å². The van der Waals surface area contributed by atoms with E-state index in [1.807, 2.05) is 0 Å². The summed E-state index contributed by atoms with van der Waals surface area (Å²) in [5, 5.41) is 12.5. The van der Waals surface area contributed by atoms with Crippen molar-refractivity contribution in [2.45, 2.75) is 24.9 Å². The van der Waals surface area contributed by atoms with Gasteiger partial charge in [0.05, 0.1) is 5.60 Å². The zero-order chi connectivity index (χ0) is 11.6. The number of nitrogens with one attached hydrogen (secondary N) is 1. The summed E-state index contributed by atoms with van der Waals surface area (Å²) in [6, 6.07) is 6.73. The number of hydrogen-bond donors (Lipinski definition) is 3. The lowest BCUT2D eigenvalue weighted by molar-refractivity contribution is -0.0300. The number of hydrogen-bond acceptors (Lipinski definition) is 3. The number of nitrogens with two attached hydrogens (primary N) is 1. The Bertz CT molecular complexity index is 383. The maximum absolute atomic E-state index is 11.7. The molecule has 4 nitrogen and oxygen atoms in total. The lowest BCUT2D eigenvalue weighted by Gasteiger charge is -2.36. The molecular weight excluding hydrogens is 204 g/mol. The van der Waals surface area contributed by atoms with E-state index < -0.39 is 5.60 Å². The second-order valence-electron chi connectivity index (χ2n) is 4.38. The molecule has 1 amide bonds. The van der Waals surface area contributed by atoms with Gasteiger partial charge in [-0.2, -0.15) is 0 Å². The number of carbonyl (C=O) groups is 1. The highest BCUT2D eigenvalue weighted by atomic mass is 16.3. The smallest absolute Gasteiger partial charge is 0.251 e. The standard InChI is InChI=1S/C12H16N2O2/c13-10-4-2-9(3-5-10)11(15)14-8-12(16)6-1-7-12/h2-5,16H,1,6-8,13H2,(H,14,15). The molecule has 0 radical (unpaired) electrons. The largest absolute Gasteiger partial charge is 0.399 e. The minimum Gasteiger partial charge on any atom is -0.399 e. The molecule has 0 aromatic heterocycles. The highest BCUT2D eigenvalue weighted by Crippen LogP contribution is 2.30. The van der Waals surface area contributed by atoms with Gasteiger partial charge in [0.15, 0.2) is 0 Å². The van der Waals surface area contributed by atoms with E-state index in [0.717, 1.165) is 19.3 Å². The van der Waals surface area contributed by atoms with E-state index in [4.69, 9.17) is 5.73 Å². The molecule has 86 valence electrons. The van der Waals surface area contributed by atoms with Gasteiger partial charge < -0.3 is 16.2 Å². The van der Waals surface area contributed by atoms with E-state index in [1.54, 1.807) is 24.3 Å². The highest BCUT2D eigenvalue weighted by molar-refractivity contribution is 5.94. The summed E-state index contributed by atoms with van der Waals surface area (Å²) in [4.78, 5) is 11.7. The Morgan fingerprint density at radius 3 is 2.50 bits per heavy atom. The zero-order valence-electron chi connectivity index (χ0n) is 9.07. The van der Waals surface area contributed by atoms with Crippen LogP contribution >= 0.6 is 0 Å². The minimum absolute atomic E-state index is 0.166. The van der Waals surface area contributed by atoms with Crippen molar-refractivity contribution < 1.29 is 9.90 Å². The molecule has 0 spiro atoms. The Kier molecular flexibility index (Phi) is 2.83. The van der Waals surface area contributed by atoms with Crippen LogP contribution in [0.25, 0.3) is 0 Å². The van der Waals surface area contributed by atoms with Gasteiger partial charge in [0.1, 0.15) is 0 Å². The van der Waals surface area contributed by atoms with Gasteiger partial charge in [-0.25, -0.2) is 0 Å². The number of anilines is 1. The van der Waals surface area contributed by atoms with Crippen molar-refractivity contribution in [3.05, 3.63) is 29.8 Å². The minimum atomic E-state index is -0.677. The Morgan fingerprint density at radius 1 is 1.38 bits per heavy atom. The van der Waals surface area contributed by atoms with Gasteiger partial charge in [-0.1, -0.05) is 0 Å². The maximum Gasteiger partial charge on any atom is 0.251 e. The molecular formula is C12H16N2O2. The molecule has 1 aromatic carbocycles. The SMILES string of the molecule is Nc1ccc(C(=O)NCC2(O)CCC2)cc1. The number of carbonyl (C=O) groups excluding carboxylic acids is 1. The fourth-order valence-corrected chi connectivity index (χ4v) is 1.74. The van der Waals surface area contributed by atoms with Crippen LogP contribution < -0.4 is 11.1 Å². The first kappa shape index (κ1) is 11.0. The van der Waals surface area contributed by atoms with Crippen LogP contribution in [0.3, 0.4) is 0 Å². The zero-order valence-corrected chi connectivity index (χ0v) is 9.07. The van der Waals surface area contributed by atoms with Gasteiger partial charge in [-0.05, 0) is 43.5 Å². The first-order valence-electron chi connectivity index (χ1n) is 5.45. The Balaban J connectivity index is 1.90. The first-order chi connectivity index (χ1) is 7.59. The molecule has 0 unspecified atom stereocenters. The molecule has 1 aliphatic carbocycles. The summed E-state index contributed by atoms with van der Waals surface area (Å²) < 4.78 is 0. The van der Waals surface area contributed by atoms with Crippen molar-refractivity contribution in [2.24, 2.45) is 0 Å². The summed E-state index contributed by atoms with van der Waals surface area (Å²) >= 11 is 0.